The molecular formula is C22H30N4O3. The van der Waals surface area contributed by atoms with Crippen LogP contribution in [0.15, 0.2) is 46.5 Å². The number of aromatic nitrogens is 2. The van der Waals surface area contributed by atoms with Crippen LogP contribution in [-0.2, 0) is 17.9 Å². The number of amides is 1. The lowest BCUT2D eigenvalue weighted by molar-refractivity contribution is -0.121. The number of allylic oxidation sites excluding steroid dienone is 1. The standard InChI is InChI=1S/C22H30N4O3/c1-2-13-25-18-9-4-5-10-19(18)26(22(29)21(25)28)17-11-20(27)23-12-8-16-24-14-6-3-7-15-24/h2,4-5,9-10H,1,3,6-8,11-17H2,(H,23,27). The summed E-state index contributed by atoms with van der Waals surface area (Å²) >= 11 is 0. The maximum Gasteiger partial charge on any atom is 0.317 e. The van der Waals surface area contributed by atoms with E-state index in [4.69, 9.17) is 0 Å². The number of para-hydroxylation sites is 2. The van der Waals surface area contributed by atoms with E-state index in [-0.39, 0.29) is 25.4 Å². The SMILES string of the molecule is C=CCn1c(=O)c(=O)n(CCC(=O)NCCCN2CCCCC2)c2ccccc21. The summed E-state index contributed by atoms with van der Waals surface area (Å²) in [5.41, 5.74) is 0.116. The third-order valence-electron chi connectivity index (χ3n) is 5.43. The summed E-state index contributed by atoms with van der Waals surface area (Å²) in [4.78, 5) is 39.7. The van der Waals surface area contributed by atoms with E-state index in [1.165, 1.54) is 28.4 Å². The monoisotopic (exact) mass is 398 g/mol. The molecule has 1 fully saturated rings. The zero-order valence-corrected chi connectivity index (χ0v) is 16.9. The number of fused-ring (bicyclic) bond motifs is 1. The van der Waals surface area contributed by atoms with Crippen LogP contribution < -0.4 is 16.4 Å². The number of piperidine rings is 1. The molecule has 29 heavy (non-hydrogen) atoms. The van der Waals surface area contributed by atoms with E-state index in [1.807, 2.05) is 12.1 Å². The van der Waals surface area contributed by atoms with Gasteiger partial charge in [-0.3, -0.25) is 19.0 Å². The van der Waals surface area contributed by atoms with Crippen molar-refractivity contribution in [2.75, 3.05) is 26.2 Å². The minimum absolute atomic E-state index is 0.102. The molecule has 0 aliphatic carbocycles. The molecule has 3 rings (SSSR count). The molecule has 1 amide bonds. The highest BCUT2D eigenvalue weighted by molar-refractivity contribution is 5.77. The number of rotatable bonds is 9. The van der Waals surface area contributed by atoms with Gasteiger partial charge in [0.1, 0.15) is 0 Å². The zero-order chi connectivity index (χ0) is 20.6. The highest BCUT2D eigenvalue weighted by atomic mass is 16.2. The minimum Gasteiger partial charge on any atom is -0.356 e. The number of carbonyl (C=O) groups is 1. The van der Waals surface area contributed by atoms with Crippen molar-refractivity contribution in [2.45, 2.75) is 45.2 Å². The van der Waals surface area contributed by atoms with Gasteiger partial charge in [0.15, 0.2) is 0 Å². The van der Waals surface area contributed by atoms with Gasteiger partial charge in [0, 0.05) is 26.1 Å². The van der Waals surface area contributed by atoms with E-state index in [0.29, 0.717) is 17.6 Å². The molecule has 0 radical (unpaired) electrons. The lowest BCUT2D eigenvalue weighted by Gasteiger charge is -2.26. The first-order valence-corrected chi connectivity index (χ1v) is 10.4. The van der Waals surface area contributed by atoms with Gasteiger partial charge in [0.05, 0.1) is 11.0 Å². The van der Waals surface area contributed by atoms with Crippen LogP contribution in [0.5, 0.6) is 0 Å². The fraction of sp³-hybridized carbons (Fsp3) is 0.500. The van der Waals surface area contributed by atoms with E-state index in [9.17, 15) is 14.4 Å². The van der Waals surface area contributed by atoms with Crippen LogP contribution in [-0.4, -0.2) is 46.1 Å². The van der Waals surface area contributed by atoms with Gasteiger partial charge in [0.25, 0.3) is 0 Å². The molecule has 1 saturated heterocycles. The van der Waals surface area contributed by atoms with Crippen molar-refractivity contribution in [1.82, 2.24) is 19.4 Å². The number of likely N-dealkylation sites (tertiary alicyclic amines) is 1. The molecule has 1 aliphatic heterocycles. The van der Waals surface area contributed by atoms with Crippen molar-refractivity contribution in [1.29, 1.82) is 0 Å². The Morgan fingerprint density at radius 2 is 1.66 bits per heavy atom. The van der Waals surface area contributed by atoms with Gasteiger partial charge >= 0.3 is 11.1 Å². The summed E-state index contributed by atoms with van der Waals surface area (Å²) in [6.45, 7) is 8.05. The molecule has 156 valence electrons. The Bertz CT molecular complexity index is 970. The Kier molecular flexibility index (Phi) is 7.41. The first-order chi connectivity index (χ1) is 14.1. The molecule has 0 spiro atoms. The Labute approximate surface area is 170 Å². The van der Waals surface area contributed by atoms with Crippen LogP contribution in [0.2, 0.25) is 0 Å². The van der Waals surface area contributed by atoms with Crippen LogP contribution >= 0.6 is 0 Å². The van der Waals surface area contributed by atoms with Crippen molar-refractivity contribution in [2.24, 2.45) is 0 Å². The largest absolute Gasteiger partial charge is 0.356 e. The molecule has 7 nitrogen and oxygen atoms in total. The topological polar surface area (TPSA) is 76.3 Å². The average Bonchev–Trinajstić information content (AvgIpc) is 2.75. The molecule has 0 saturated carbocycles. The molecule has 1 aliphatic rings. The Balaban J connectivity index is 1.60. The third kappa shape index (κ3) is 5.23. The number of nitrogens with one attached hydrogen (secondary N) is 1. The third-order valence-corrected chi connectivity index (χ3v) is 5.43. The lowest BCUT2D eigenvalue weighted by Crippen LogP contribution is -2.42. The summed E-state index contributed by atoms with van der Waals surface area (Å²) in [5, 5.41) is 2.93. The van der Waals surface area contributed by atoms with Gasteiger partial charge in [-0.25, -0.2) is 0 Å². The Hall–Kier alpha value is -2.67. The smallest absolute Gasteiger partial charge is 0.317 e. The predicted octanol–water partition coefficient (Wildman–Crippen LogP) is 1.73. The van der Waals surface area contributed by atoms with Gasteiger partial charge in [-0.1, -0.05) is 24.6 Å². The first kappa shape index (κ1) is 21.0. The molecule has 0 unspecified atom stereocenters. The van der Waals surface area contributed by atoms with Crippen molar-refractivity contribution >= 4 is 16.9 Å². The second-order valence-corrected chi connectivity index (χ2v) is 7.51. The molecule has 1 aromatic heterocycles. The normalized spacial score (nSPS) is 14.8. The number of hydrogen-bond donors (Lipinski definition) is 1. The predicted molar refractivity (Wildman–Crippen MR) is 115 cm³/mol. The molecule has 1 N–H and O–H groups in total. The van der Waals surface area contributed by atoms with Crippen molar-refractivity contribution in [3.05, 3.63) is 57.6 Å². The van der Waals surface area contributed by atoms with Gasteiger partial charge in [-0.2, -0.15) is 0 Å². The maximum absolute atomic E-state index is 12.6. The Morgan fingerprint density at radius 3 is 2.34 bits per heavy atom. The maximum atomic E-state index is 12.6. The molecular weight excluding hydrogens is 368 g/mol. The summed E-state index contributed by atoms with van der Waals surface area (Å²) in [5.74, 6) is -0.102. The van der Waals surface area contributed by atoms with Gasteiger partial charge in [-0.15, -0.1) is 6.58 Å². The van der Waals surface area contributed by atoms with Crippen LogP contribution in [0.1, 0.15) is 32.1 Å². The molecule has 0 bridgehead atoms. The summed E-state index contributed by atoms with van der Waals surface area (Å²) in [7, 11) is 0. The van der Waals surface area contributed by atoms with Crippen LogP contribution in [0, 0.1) is 0 Å². The summed E-state index contributed by atoms with van der Waals surface area (Å²) in [6.07, 6.45) is 6.53. The lowest BCUT2D eigenvalue weighted by atomic mass is 10.1. The van der Waals surface area contributed by atoms with Gasteiger partial charge in [-0.05, 0) is 51.0 Å². The first-order valence-electron chi connectivity index (χ1n) is 10.4. The summed E-state index contributed by atoms with van der Waals surface area (Å²) < 4.78 is 2.83. The van der Waals surface area contributed by atoms with E-state index in [0.717, 1.165) is 26.1 Å². The van der Waals surface area contributed by atoms with Crippen LogP contribution in [0.25, 0.3) is 11.0 Å². The number of carbonyl (C=O) groups excluding carboxylic acids is 1. The number of aryl methyl sites for hydroxylation is 1. The number of nitrogens with zero attached hydrogens (tertiary/aromatic N) is 3. The highest BCUT2D eigenvalue weighted by Gasteiger charge is 2.13. The number of benzene rings is 1. The van der Waals surface area contributed by atoms with Gasteiger partial charge in [0.2, 0.25) is 5.91 Å². The van der Waals surface area contributed by atoms with E-state index in [2.05, 4.69) is 16.8 Å². The van der Waals surface area contributed by atoms with Crippen LogP contribution in [0.3, 0.4) is 0 Å². The molecule has 7 heteroatoms. The number of hydrogen-bond acceptors (Lipinski definition) is 4. The molecule has 1 aromatic carbocycles. The van der Waals surface area contributed by atoms with Crippen molar-refractivity contribution < 1.29 is 4.79 Å². The summed E-state index contributed by atoms with van der Waals surface area (Å²) in [6, 6.07) is 7.25. The fourth-order valence-electron chi connectivity index (χ4n) is 3.92. The molecule has 0 atom stereocenters. The molecule has 2 aromatic rings. The van der Waals surface area contributed by atoms with Crippen LogP contribution in [0.4, 0.5) is 0 Å². The minimum atomic E-state index is -0.608. The highest BCUT2D eigenvalue weighted by Crippen LogP contribution is 2.11. The second kappa shape index (κ2) is 10.2. The van der Waals surface area contributed by atoms with E-state index >= 15 is 0 Å². The van der Waals surface area contributed by atoms with E-state index in [1.54, 1.807) is 18.2 Å². The quantitative estimate of drug-likeness (QED) is 0.397. The Morgan fingerprint density at radius 1 is 1.00 bits per heavy atom. The zero-order valence-electron chi connectivity index (χ0n) is 16.9. The van der Waals surface area contributed by atoms with Gasteiger partial charge < -0.3 is 14.8 Å². The van der Waals surface area contributed by atoms with Crippen molar-refractivity contribution in [3.63, 3.8) is 0 Å². The average molecular weight is 399 g/mol. The van der Waals surface area contributed by atoms with Crippen molar-refractivity contribution in [3.8, 4) is 0 Å². The second-order valence-electron chi connectivity index (χ2n) is 7.51. The molecule has 2 heterocycles. The fourth-order valence-corrected chi connectivity index (χ4v) is 3.92. The van der Waals surface area contributed by atoms with E-state index < -0.39 is 11.1 Å².